The average Bonchev–Trinajstić information content (AvgIpc) is 2.99. The summed E-state index contributed by atoms with van der Waals surface area (Å²) < 4.78 is 11.0. The fraction of sp³-hybridized carbons (Fsp3) is 0.692. The van der Waals surface area contributed by atoms with Crippen molar-refractivity contribution in [3.05, 3.63) is 22.4 Å². The zero-order valence-electron chi connectivity index (χ0n) is 10.4. The summed E-state index contributed by atoms with van der Waals surface area (Å²) in [5, 5.41) is 5.71. The Labute approximate surface area is 107 Å². The van der Waals surface area contributed by atoms with Gasteiger partial charge in [-0.05, 0) is 30.8 Å². The Kier molecular flexibility index (Phi) is 5.45. The van der Waals surface area contributed by atoms with Gasteiger partial charge >= 0.3 is 0 Å². The van der Waals surface area contributed by atoms with Crippen LogP contribution in [0.1, 0.15) is 24.6 Å². The van der Waals surface area contributed by atoms with Crippen molar-refractivity contribution < 1.29 is 9.47 Å². The largest absolute Gasteiger partial charge is 0.350 e. The Balaban J connectivity index is 1.83. The molecule has 1 atom stereocenters. The molecule has 1 aromatic rings. The minimum absolute atomic E-state index is 0.00989. The summed E-state index contributed by atoms with van der Waals surface area (Å²) >= 11 is 1.82. The number of hydrogen-bond donors (Lipinski definition) is 1. The van der Waals surface area contributed by atoms with E-state index in [2.05, 4.69) is 29.8 Å². The first-order valence-electron chi connectivity index (χ1n) is 6.37. The van der Waals surface area contributed by atoms with Gasteiger partial charge in [-0.3, -0.25) is 0 Å². The molecule has 2 heterocycles. The first kappa shape index (κ1) is 13.0. The molecule has 0 radical (unpaired) electrons. The highest BCUT2D eigenvalue weighted by Crippen LogP contribution is 2.17. The van der Waals surface area contributed by atoms with E-state index < -0.39 is 0 Å². The third-order valence-corrected chi connectivity index (χ3v) is 3.78. The maximum atomic E-state index is 5.52. The highest BCUT2D eigenvalue weighted by Gasteiger charge is 2.21. The summed E-state index contributed by atoms with van der Waals surface area (Å²) in [6.45, 7) is 4.73. The van der Waals surface area contributed by atoms with Crippen molar-refractivity contribution in [3.8, 4) is 0 Å². The average molecular weight is 255 g/mol. The Morgan fingerprint density at radius 1 is 1.47 bits per heavy atom. The van der Waals surface area contributed by atoms with Gasteiger partial charge < -0.3 is 14.8 Å². The Morgan fingerprint density at radius 3 is 2.94 bits per heavy atom. The van der Waals surface area contributed by atoms with Gasteiger partial charge in [0.2, 0.25) is 0 Å². The predicted molar refractivity (Wildman–Crippen MR) is 70.4 cm³/mol. The maximum Gasteiger partial charge on any atom is 0.159 e. The molecule has 1 N–H and O–H groups in total. The maximum absolute atomic E-state index is 5.52. The lowest BCUT2D eigenvalue weighted by atomic mass is 10.1. The van der Waals surface area contributed by atoms with Crippen molar-refractivity contribution in [2.75, 3.05) is 19.8 Å². The zero-order valence-corrected chi connectivity index (χ0v) is 11.2. The summed E-state index contributed by atoms with van der Waals surface area (Å²) in [6.07, 6.45) is 3.16. The van der Waals surface area contributed by atoms with Gasteiger partial charge in [-0.1, -0.05) is 13.0 Å². The molecule has 1 unspecified atom stereocenters. The Hall–Kier alpha value is -0.420. The van der Waals surface area contributed by atoms with Crippen molar-refractivity contribution in [2.24, 2.45) is 0 Å². The SMILES string of the molecule is CCCNC(Cc1cccs1)CC1OCCO1. The molecule has 96 valence electrons. The molecule has 0 aromatic carbocycles. The van der Waals surface area contributed by atoms with Crippen molar-refractivity contribution in [2.45, 2.75) is 38.5 Å². The van der Waals surface area contributed by atoms with Gasteiger partial charge in [0.25, 0.3) is 0 Å². The van der Waals surface area contributed by atoms with Gasteiger partial charge in [-0.25, -0.2) is 0 Å². The lowest BCUT2D eigenvalue weighted by Crippen LogP contribution is -2.35. The van der Waals surface area contributed by atoms with E-state index in [0.717, 1.165) is 39.0 Å². The first-order valence-corrected chi connectivity index (χ1v) is 7.25. The Bertz CT molecular complexity index is 296. The standard InChI is InChI=1S/C13H21NO2S/c1-2-5-14-11(9-12-4-3-8-17-12)10-13-15-6-7-16-13/h3-4,8,11,13-14H,2,5-7,9-10H2,1H3. The van der Waals surface area contributed by atoms with Gasteiger partial charge in [-0.2, -0.15) is 0 Å². The van der Waals surface area contributed by atoms with Crippen LogP contribution in [0.5, 0.6) is 0 Å². The molecule has 0 spiro atoms. The quantitative estimate of drug-likeness (QED) is 0.811. The van der Waals surface area contributed by atoms with Crippen molar-refractivity contribution in [1.29, 1.82) is 0 Å². The fourth-order valence-corrected chi connectivity index (χ4v) is 2.82. The summed E-state index contributed by atoms with van der Waals surface area (Å²) in [6, 6.07) is 4.76. The lowest BCUT2D eigenvalue weighted by molar-refractivity contribution is -0.0526. The topological polar surface area (TPSA) is 30.5 Å². The minimum Gasteiger partial charge on any atom is -0.350 e. The van der Waals surface area contributed by atoms with Gasteiger partial charge in [0.05, 0.1) is 13.2 Å². The van der Waals surface area contributed by atoms with Gasteiger partial charge in [0.1, 0.15) is 0 Å². The summed E-state index contributed by atoms with van der Waals surface area (Å²) in [5.41, 5.74) is 0. The number of nitrogens with one attached hydrogen (secondary N) is 1. The summed E-state index contributed by atoms with van der Waals surface area (Å²) in [7, 11) is 0. The number of thiophene rings is 1. The van der Waals surface area contributed by atoms with Crippen molar-refractivity contribution in [1.82, 2.24) is 5.32 Å². The predicted octanol–water partition coefficient (Wildman–Crippen LogP) is 2.42. The second kappa shape index (κ2) is 7.11. The molecule has 4 heteroatoms. The molecule has 0 bridgehead atoms. The van der Waals surface area contributed by atoms with Crippen molar-refractivity contribution in [3.63, 3.8) is 0 Å². The van der Waals surface area contributed by atoms with Gasteiger partial charge in [0.15, 0.2) is 6.29 Å². The van der Waals surface area contributed by atoms with Gasteiger partial charge in [0, 0.05) is 17.3 Å². The second-order valence-electron chi connectivity index (χ2n) is 4.34. The third kappa shape index (κ3) is 4.39. The van der Waals surface area contributed by atoms with E-state index in [1.807, 2.05) is 11.3 Å². The van der Waals surface area contributed by atoms with Crippen LogP contribution in [-0.4, -0.2) is 32.1 Å². The molecule has 1 fully saturated rings. The van der Waals surface area contributed by atoms with Crippen LogP contribution in [0.15, 0.2) is 17.5 Å². The monoisotopic (exact) mass is 255 g/mol. The van der Waals surface area contributed by atoms with E-state index in [0.29, 0.717) is 6.04 Å². The molecule has 2 rings (SSSR count). The van der Waals surface area contributed by atoms with E-state index in [4.69, 9.17) is 9.47 Å². The first-order chi connectivity index (χ1) is 8.38. The highest BCUT2D eigenvalue weighted by atomic mass is 32.1. The van der Waals surface area contributed by atoms with Crippen LogP contribution in [0.25, 0.3) is 0 Å². The molecule has 1 saturated heterocycles. The molecule has 17 heavy (non-hydrogen) atoms. The molecule has 1 aliphatic rings. The number of rotatable bonds is 7. The molecule has 0 aliphatic carbocycles. The second-order valence-corrected chi connectivity index (χ2v) is 5.37. The van der Waals surface area contributed by atoms with Crippen LogP contribution in [0, 0.1) is 0 Å². The molecule has 0 amide bonds. The third-order valence-electron chi connectivity index (χ3n) is 2.88. The number of ether oxygens (including phenoxy) is 2. The van der Waals surface area contributed by atoms with E-state index in [1.165, 1.54) is 4.88 Å². The van der Waals surface area contributed by atoms with E-state index in [1.54, 1.807) is 0 Å². The smallest absolute Gasteiger partial charge is 0.159 e. The highest BCUT2D eigenvalue weighted by molar-refractivity contribution is 7.09. The van der Waals surface area contributed by atoms with Crippen LogP contribution in [-0.2, 0) is 15.9 Å². The molecule has 0 saturated carbocycles. The van der Waals surface area contributed by atoms with Crippen LogP contribution in [0.2, 0.25) is 0 Å². The lowest BCUT2D eigenvalue weighted by Gasteiger charge is -2.20. The zero-order chi connectivity index (χ0) is 11.9. The van der Waals surface area contributed by atoms with E-state index in [9.17, 15) is 0 Å². The van der Waals surface area contributed by atoms with Crippen molar-refractivity contribution >= 4 is 11.3 Å². The molecular weight excluding hydrogens is 234 g/mol. The molecular formula is C13H21NO2S. The minimum atomic E-state index is -0.00989. The molecule has 3 nitrogen and oxygen atoms in total. The fourth-order valence-electron chi connectivity index (χ4n) is 2.03. The van der Waals surface area contributed by atoms with E-state index >= 15 is 0 Å². The molecule has 1 aliphatic heterocycles. The van der Waals surface area contributed by atoms with Crippen LogP contribution in [0.4, 0.5) is 0 Å². The van der Waals surface area contributed by atoms with E-state index in [-0.39, 0.29) is 6.29 Å². The number of hydrogen-bond acceptors (Lipinski definition) is 4. The summed E-state index contributed by atoms with van der Waals surface area (Å²) in [5.74, 6) is 0. The normalized spacial score (nSPS) is 18.6. The van der Waals surface area contributed by atoms with Crippen LogP contribution >= 0.6 is 11.3 Å². The molecule has 1 aromatic heterocycles. The van der Waals surface area contributed by atoms with Crippen LogP contribution < -0.4 is 5.32 Å². The Morgan fingerprint density at radius 2 is 2.29 bits per heavy atom. The van der Waals surface area contributed by atoms with Gasteiger partial charge in [-0.15, -0.1) is 11.3 Å². The summed E-state index contributed by atoms with van der Waals surface area (Å²) in [4.78, 5) is 1.43. The van der Waals surface area contributed by atoms with Crippen LogP contribution in [0.3, 0.4) is 0 Å².